The van der Waals surface area contributed by atoms with Gasteiger partial charge in [0.2, 0.25) is 5.88 Å². The Balaban J connectivity index is 1.87. The zero-order valence-corrected chi connectivity index (χ0v) is 15.3. The molecule has 0 unspecified atom stereocenters. The van der Waals surface area contributed by atoms with Gasteiger partial charge in [-0.2, -0.15) is 0 Å². The Morgan fingerprint density at radius 2 is 1.88 bits per heavy atom. The minimum absolute atomic E-state index is 0.0287. The fraction of sp³-hybridized carbons (Fsp3) is 0.222. The monoisotopic (exact) mass is 371 g/mol. The third-order valence-electron chi connectivity index (χ3n) is 3.78. The molecule has 0 bridgehead atoms. The summed E-state index contributed by atoms with van der Waals surface area (Å²) in [6.45, 7) is 6.24. The van der Waals surface area contributed by atoms with Crippen LogP contribution in [0.2, 0.25) is 0 Å². The van der Waals surface area contributed by atoms with Gasteiger partial charge in [-0.25, -0.2) is 9.78 Å². The van der Waals surface area contributed by atoms with Crippen LogP contribution >= 0.6 is 11.3 Å². The number of carboxylic acids is 1. The lowest BCUT2D eigenvalue weighted by Crippen LogP contribution is -2.15. The molecule has 0 radical (unpaired) electrons. The Bertz CT molecular complexity index is 938. The van der Waals surface area contributed by atoms with Crippen molar-refractivity contribution < 1.29 is 19.2 Å². The maximum absolute atomic E-state index is 12.4. The maximum atomic E-state index is 12.4. The molecule has 0 spiro atoms. The fourth-order valence-corrected chi connectivity index (χ4v) is 2.98. The van der Waals surface area contributed by atoms with Crippen molar-refractivity contribution in [3.8, 4) is 10.7 Å². The molecule has 0 fully saturated rings. The SMILES string of the molecule is CC(C)(C)c1ccc(C(=O)Nc2onc(-c3nccs3)c2C(=O)O)cc1. The van der Waals surface area contributed by atoms with Crippen LogP contribution in [0.5, 0.6) is 0 Å². The second kappa shape index (κ2) is 6.72. The molecule has 7 nitrogen and oxygen atoms in total. The number of nitrogens with zero attached hydrogens (tertiary/aromatic N) is 2. The molecule has 0 aliphatic heterocycles. The predicted molar refractivity (Wildman–Crippen MR) is 97.7 cm³/mol. The standard InChI is InChI=1S/C18H17N3O4S/c1-18(2,3)11-6-4-10(5-7-11)14(22)20-15-12(17(23)24)13(21-25-15)16-19-8-9-26-16/h4-9H,1-3H3,(H,20,22)(H,23,24). The molecule has 2 N–H and O–H groups in total. The Morgan fingerprint density at radius 3 is 2.42 bits per heavy atom. The van der Waals surface area contributed by atoms with Crippen molar-refractivity contribution >= 4 is 29.1 Å². The predicted octanol–water partition coefficient (Wildman–Crippen LogP) is 4.05. The van der Waals surface area contributed by atoms with Crippen LogP contribution < -0.4 is 5.32 Å². The molecule has 3 rings (SSSR count). The van der Waals surface area contributed by atoms with E-state index in [0.29, 0.717) is 10.6 Å². The average Bonchev–Trinajstić information content (AvgIpc) is 3.23. The van der Waals surface area contributed by atoms with Crippen molar-refractivity contribution in [1.29, 1.82) is 0 Å². The zero-order chi connectivity index (χ0) is 18.9. The number of aromatic nitrogens is 2. The van der Waals surface area contributed by atoms with E-state index in [9.17, 15) is 14.7 Å². The van der Waals surface area contributed by atoms with Crippen LogP contribution in [0.3, 0.4) is 0 Å². The van der Waals surface area contributed by atoms with Gasteiger partial charge in [-0.1, -0.05) is 38.1 Å². The minimum Gasteiger partial charge on any atom is -0.477 e. The summed E-state index contributed by atoms with van der Waals surface area (Å²) in [5.41, 5.74) is 1.32. The molecule has 0 aliphatic carbocycles. The molecular formula is C18H17N3O4S. The van der Waals surface area contributed by atoms with Crippen molar-refractivity contribution in [1.82, 2.24) is 10.1 Å². The molecule has 26 heavy (non-hydrogen) atoms. The van der Waals surface area contributed by atoms with Gasteiger partial charge in [0.15, 0.2) is 11.3 Å². The first-order valence-electron chi connectivity index (χ1n) is 7.82. The number of rotatable bonds is 4. The molecule has 3 aromatic rings. The van der Waals surface area contributed by atoms with Gasteiger partial charge in [0.05, 0.1) is 0 Å². The molecule has 1 amide bonds. The number of hydrogen-bond acceptors (Lipinski definition) is 6. The van der Waals surface area contributed by atoms with Gasteiger partial charge < -0.3 is 9.63 Å². The first-order chi connectivity index (χ1) is 12.3. The van der Waals surface area contributed by atoms with E-state index in [1.54, 1.807) is 17.5 Å². The van der Waals surface area contributed by atoms with Crippen LogP contribution in [0, 0.1) is 0 Å². The number of carboxylic acid groups (broad SMARTS) is 1. The van der Waals surface area contributed by atoms with E-state index in [0.717, 1.165) is 5.56 Å². The van der Waals surface area contributed by atoms with E-state index in [2.05, 4.69) is 36.2 Å². The van der Waals surface area contributed by atoms with Crippen LogP contribution in [-0.4, -0.2) is 27.1 Å². The number of anilines is 1. The highest BCUT2D eigenvalue weighted by Crippen LogP contribution is 2.30. The molecule has 2 heterocycles. The van der Waals surface area contributed by atoms with Crippen molar-refractivity contribution in [2.75, 3.05) is 5.32 Å². The summed E-state index contributed by atoms with van der Waals surface area (Å²) >= 11 is 1.23. The molecular weight excluding hydrogens is 354 g/mol. The summed E-state index contributed by atoms with van der Waals surface area (Å²) < 4.78 is 5.05. The average molecular weight is 371 g/mol. The quantitative estimate of drug-likeness (QED) is 0.717. The Kier molecular flexibility index (Phi) is 4.60. The molecule has 0 saturated heterocycles. The van der Waals surface area contributed by atoms with Crippen LogP contribution in [0.15, 0.2) is 40.4 Å². The fourth-order valence-electron chi connectivity index (χ4n) is 2.36. The molecule has 0 saturated carbocycles. The number of benzene rings is 1. The number of nitrogens with one attached hydrogen (secondary N) is 1. The number of carbonyl (C=O) groups is 2. The van der Waals surface area contributed by atoms with Gasteiger partial charge >= 0.3 is 5.97 Å². The summed E-state index contributed by atoms with van der Waals surface area (Å²) in [5.74, 6) is -1.95. The molecule has 1 aromatic carbocycles. The first kappa shape index (κ1) is 17.8. The third-order valence-corrected chi connectivity index (χ3v) is 4.56. The Labute approximate surface area is 153 Å². The second-order valence-corrected chi connectivity index (χ2v) is 7.55. The van der Waals surface area contributed by atoms with E-state index in [4.69, 9.17) is 4.52 Å². The molecule has 2 aromatic heterocycles. The third kappa shape index (κ3) is 3.50. The minimum atomic E-state index is -1.25. The van der Waals surface area contributed by atoms with Crippen LogP contribution in [0.1, 0.15) is 47.1 Å². The van der Waals surface area contributed by atoms with Gasteiger partial charge in [-0.3, -0.25) is 10.1 Å². The normalized spacial score (nSPS) is 11.3. The smallest absolute Gasteiger partial charge is 0.343 e. The van der Waals surface area contributed by atoms with Crippen molar-refractivity contribution in [3.63, 3.8) is 0 Å². The van der Waals surface area contributed by atoms with Crippen molar-refractivity contribution in [2.24, 2.45) is 0 Å². The highest BCUT2D eigenvalue weighted by Gasteiger charge is 2.26. The maximum Gasteiger partial charge on any atom is 0.343 e. The number of thiazole rings is 1. The topological polar surface area (TPSA) is 105 Å². The molecule has 8 heteroatoms. The van der Waals surface area contributed by atoms with Crippen LogP contribution in [0.25, 0.3) is 10.7 Å². The number of carbonyl (C=O) groups excluding carboxylic acids is 1. The van der Waals surface area contributed by atoms with E-state index in [1.807, 2.05) is 12.1 Å². The lowest BCUT2D eigenvalue weighted by molar-refractivity contribution is 0.0698. The van der Waals surface area contributed by atoms with E-state index < -0.39 is 11.9 Å². The Morgan fingerprint density at radius 1 is 1.19 bits per heavy atom. The van der Waals surface area contributed by atoms with E-state index in [-0.39, 0.29) is 22.6 Å². The summed E-state index contributed by atoms with van der Waals surface area (Å²) in [6.07, 6.45) is 1.54. The van der Waals surface area contributed by atoms with Crippen molar-refractivity contribution in [3.05, 3.63) is 52.5 Å². The largest absolute Gasteiger partial charge is 0.477 e. The highest BCUT2D eigenvalue weighted by molar-refractivity contribution is 7.13. The molecule has 0 aliphatic rings. The number of hydrogen-bond donors (Lipinski definition) is 2. The lowest BCUT2D eigenvalue weighted by atomic mass is 9.87. The van der Waals surface area contributed by atoms with Crippen LogP contribution in [-0.2, 0) is 5.41 Å². The summed E-state index contributed by atoms with van der Waals surface area (Å²) in [7, 11) is 0. The van der Waals surface area contributed by atoms with Gasteiger partial charge in [-0.05, 0) is 23.1 Å². The van der Waals surface area contributed by atoms with Gasteiger partial charge in [-0.15, -0.1) is 11.3 Å². The molecule has 134 valence electrons. The lowest BCUT2D eigenvalue weighted by Gasteiger charge is -2.18. The highest BCUT2D eigenvalue weighted by atomic mass is 32.1. The summed E-state index contributed by atoms with van der Waals surface area (Å²) in [6, 6.07) is 7.12. The van der Waals surface area contributed by atoms with Gasteiger partial charge in [0, 0.05) is 17.1 Å². The van der Waals surface area contributed by atoms with Crippen molar-refractivity contribution in [2.45, 2.75) is 26.2 Å². The Hall–Kier alpha value is -3.00. The van der Waals surface area contributed by atoms with E-state index >= 15 is 0 Å². The van der Waals surface area contributed by atoms with Crippen LogP contribution in [0.4, 0.5) is 5.88 Å². The van der Waals surface area contributed by atoms with Gasteiger partial charge in [0.25, 0.3) is 5.91 Å². The van der Waals surface area contributed by atoms with E-state index in [1.165, 1.54) is 17.5 Å². The molecule has 0 atom stereocenters. The van der Waals surface area contributed by atoms with Gasteiger partial charge in [0.1, 0.15) is 5.01 Å². The zero-order valence-electron chi connectivity index (χ0n) is 14.4. The summed E-state index contributed by atoms with van der Waals surface area (Å²) in [4.78, 5) is 28.1. The first-order valence-corrected chi connectivity index (χ1v) is 8.70. The summed E-state index contributed by atoms with van der Waals surface area (Å²) in [5, 5.41) is 17.8. The second-order valence-electron chi connectivity index (χ2n) is 6.66. The number of amides is 1. The number of aromatic carboxylic acids is 1.